The zero-order chi connectivity index (χ0) is 34.8. The first-order valence-electron chi connectivity index (χ1n) is 14.5. The van der Waals surface area contributed by atoms with Gasteiger partial charge in [-0.1, -0.05) is 12.1 Å². The van der Waals surface area contributed by atoms with Crippen molar-refractivity contribution in [2.45, 2.75) is 75.7 Å². The number of hydrogen-bond acceptors (Lipinski definition) is 11. The van der Waals surface area contributed by atoms with Gasteiger partial charge in [0.25, 0.3) is 0 Å². The number of carboxylic acids is 2. The van der Waals surface area contributed by atoms with Crippen molar-refractivity contribution >= 4 is 41.5 Å². The molecule has 0 bridgehead atoms. The molecule has 18 heteroatoms. The predicted molar refractivity (Wildman–Crippen MR) is 161 cm³/mol. The quantitative estimate of drug-likeness (QED) is 0.0572. The Hall–Kier alpha value is -4.81. The van der Waals surface area contributed by atoms with E-state index in [1.807, 2.05) is 0 Å². The Labute approximate surface area is 264 Å². The Kier molecular flexibility index (Phi) is 17.3. The smallest absolute Gasteiger partial charge is 0.326 e. The molecule has 13 N–H and O–H groups in total. The molecular weight excluding hydrogens is 610 g/mol. The van der Waals surface area contributed by atoms with Crippen molar-refractivity contribution < 1.29 is 54.0 Å². The lowest BCUT2D eigenvalue weighted by atomic mass is 10.0. The number of aliphatic carboxylic acids is 2. The molecule has 1 rings (SSSR count). The number of phenolic OH excluding ortho intramolecular Hbond substituents is 1. The van der Waals surface area contributed by atoms with Crippen molar-refractivity contribution in [3.8, 4) is 5.75 Å². The number of nitrogens with one attached hydrogen (secondary N) is 5. The summed E-state index contributed by atoms with van der Waals surface area (Å²) in [6.07, 6.45) is 0.340. The Morgan fingerprint density at radius 2 is 1.39 bits per heavy atom. The van der Waals surface area contributed by atoms with E-state index in [4.69, 9.17) is 16.6 Å². The van der Waals surface area contributed by atoms with E-state index >= 15 is 0 Å². The van der Waals surface area contributed by atoms with Crippen molar-refractivity contribution in [3.63, 3.8) is 0 Å². The van der Waals surface area contributed by atoms with Gasteiger partial charge in [-0.25, -0.2) is 4.79 Å². The minimum atomic E-state index is -1.57. The average Bonchev–Trinajstić information content (AvgIpc) is 3.00. The van der Waals surface area contributed by atoms with Gasteiger partial charge in [-0.15, -0.1) is 0 Å². The van der Waals surface area contributed by atoms with Crippen LogP contribution in [0.4, 0.5) is 0 Å². The van der Waals surface area contributed by atoms with E-state index in [1.54, 1.807) is 0 Å². The third-order valence-electron chi connectivity index (χ3n) is 6.59. The van der Waals surface area contributed by atoms with Gasteiger partial charge in [0.2, 0.25) is 29.5 Å². The van der Waals surface area contributed by atoms with Crippen LogP contribution in [0.5, 0.6) is 5.75 Å². The zero-order valence-electron chi connectivity index (χ0n) is 25.4. The summed E-state index contributed by atoms with van der Waals surface area (Å²) in [5.41, 5.74) is 11.5. The second kappa shape index (κ2) is 20.3. The lowest BCUT2D eigenvalue weighted by Gasteiger charge is -2.24. The van der Waals surface area contributed by atoms with Crippen LogP contribution in [0.15, 0.2) is 24.3 Å². The summed E-state index contributed by atoms with van der Waals surface area (Å²) >= 11 is 0. The van der Waals surface area contributed by atoms with Gasteiger partial charge in [0.05, 0.1) is 19.2 Å². The number of carboxylic acid groups (broad SMARTS) is 2. The van der Waals surface area contributed by atoms with E-state index in [0.717, 1.165) is 0 Å². The van der Waals surface area contributed by atoms with E-state index in [1.165, 1.54) is 31.2 Å². The largest absolute Gasteiger partial charge is 0.508 e. The van der Waals surface area contributed by atoms with Crippen LogP contribution < -0.4 is 38.1 Å². The number of carbonyl (C=O) groups is 7. The number of carbonyl (C=O) groups excluding carboxylic acids is 5. The third-order valence-corrected chi connectivity index (χ3v) is 6.59. The molecule has 18 nitrogen and oxygen atoms in total. The maximum absolute atomic E-state index is 13.2. The first kappa shape index (κ1) is 39.2. The summed E-state index contributed by atoms with van der Waals surface area (Å²) in [4.78, 5) is 85.4. The van der Waals surface area contributed by atoms with Crippen LogP contribution >= 0.6 is 0 Å². The van der Waals surface area contributed by atoms with Gasteiger partial charge >= 0.3 is 11.9 Å². The number of aliphatic hydroxyl groups excluding tert-OH is 1. The summed E-state index contributed by atoms with van der Waals surface area (Å²) in [5.74, 6) is -6.82. The first-order valence-corrected chi connectivity index (χ1v) is 14.5. The number of phenols is 1. The van der Waals surface area contributed by atoms with Gasteiger partial charge in [-0.3, -0.25) is 28.8 Å². The number of hydrogen-bond donors (Lipinski definition) is 11. The summed E-state index contributed by atoms with van der Waals surface area (Å²) in [6, 6.07) is -0.922. The Balaban J connectivity index is 2.90. The molecule has 5 atom stereocenters. The molecule has 0 aromatic heterocycles. The summed E-state index contributed by atoms with van der Waals surface area (Å²) in [6.45, 7) is 0.0972. The van der Waals surface area contributed by atoms with Gasteiger partial charge in [0.15, 0.2) is 0 Å². The molecule has 0 saturated carbocycles. The highest BCUT2D eigenvalue weighted by molar-refractivity contribution is 5.95. The molecular formula is C28H43N7O11. The number of nitrogens with two attached hydrogens (primary N) is 2. The fraction of sp³-hybridized carbons (Fsp3) is 0.536. The second-order valence-corrected chi connectivity index (χ2v) is 10.4. The van der Waals surface area contributed by atoms with E-state index in [2.05, 4.69) is 26.6 Å². The maximum atomic E-state index is 13.2. The molecule has 0 heterocycles. The standard InChI is InChI=1S/C28H43N7O11/c1-15(32-25(42)18(30)9-10-23(39)40)24(41)31-13-22(38)33-20(12-16-5-7-17(37)8-6-16)26(43)35-21(14-36)27(44)34-19(28(45)46)4-2-3-11-29/h5-8,15,18-21,36-37H,2-4,9-14,29-30H2,1H3,(H,31,41)(H,32,42)(H,33,38)(H,34,44)(H,35,43)(H,39,40)(H,45,46)/t15-,18-,19-,20-,21-/m0/s1. The van der Waals surface area contributed by atoms with Gasteiger partial charge < -0.3 is 58.5 Å². The minimum absolute atomic E-state index is 0.0583. The van der Waals surface area contributed by atoms with Crippen molar-refractivity contribution in [3.05, 3.63) is 29.8 Å². The van der Waals surface area contributed by atoms with Crippen LogP contribution in [0.1, 0.15) is 44.6 Å². The van der Waals surface area contributed by atoms with Gasteiger partial charge in [-0.2, -0.15) is 0 Å². The minimum Gasteiger partial charge on any atom is -0.508 e. The van der Waals surface area contributed by atoms with Crippen molar-refractivity contribution in [1.82, 2.24) is 26.6 Å². The average molecular weight is 654 g/mol. The van der Waals surface area contributed by atoms with Crippen molar-refractivity contribution in [2.75, 3.05) is 19.7 Å². The number of unbranched alkanes of at least 4 members (excludes halogenated alkanes) is 1. The second-order valence-electron chi connectivity index (χ2n) is 10.4. The molecule has 256 valence electrons. The zero-order valence-corrected chi connectivity index (χ0v) is 25.4. The van der Waals surface area contributed by atoms with Crippen LogP contribution in [-0.4, -0.2) is 112 Å². The van der Waals surface area contributed by atoms with Crippen LogP contribution in [0.25, 0.3) is 0 Å². The molecule has 1 aromatic rings. The molecule has 0 aliphatic heterocycles. The number of benzene rings is 1. The lowest BCUT2D eigenvalue weighted by Crippen LogP contribution is -2.58. The topological polar surface area (TPSA) is 313 Å². The molecule has 0 aliphatic rings. The van der Waals surface area contributed by atoms with Crippen LogP contribution in [0.3, 0.4) is 0 Å². The van der Waals surface area contributed by atoms with E-state index in [9.17, 15) is 48.9 Å². The first-order chi connectivity index (χ1) is 21.7. The fourth-order valence-electron chi connectivity index (χ4n) is 3.93. The highest BCUT2D eigenvalue weighted by Gasteiger charge is 2.30. The number of aromatic hydroxyl groups is 1. The normalized spacial score (nSPS) is 14.0. The Morgan fingerprint density at radius 1 is 0.783 bits per heavy atom. The Morgan fingerprint density at radius 3 is 1.96 bits per heavy atom. The maximum Gasteiger partial charge on any atom is 0.326 e. The SMILES string of the molecule is C[C@H](NC(=O)[C@@H](N)CCC(=O)O)C(=O)NCC(=O)N[C@@H](Cc1ccc(O)cc1)C(=O)N[C@@H](CO)C(=O)N[C@@H](CCCCN)C(=O)O. The lowest BCUT2D eigenvalue weighted by molar-refractivity contribution is -0.143. The van der Waals surface area contributed by atoms with E-state index in [-0.39, 0.29) is 31.4 Å². The summed E-state index contributed by atoms with van der Waals surface area (Å²) in [7, 11) is 0. The van der Waals surface area contributed by atoms with Gasteiger partial charge in [-0.05, 0) is 56.8 Å². The van der Waals surface area contributed by atoms with Gasteiger partial charge in [0, 0.05) is 12.8 Å². The summed E-state index contributed by atoms with van der Waals surface area (Å²) in [5, 5.41) is 49.0. The van der Waals surface area contributed by atoms with Crippen LogP contribution in [-0.2, 0) is 40.0 Å². The molecule has 0 spiro atoms. The molecule has 0 aliphatic carbocycles. The number of rotatable bonds is 21. The van der Waals surface area contributed by atoms with Crippen LogP contribution in [0.2, 0.25) is 0 Å². The molecule has 0 saturated heterocycles. The molecule has 1 aromatic carbocycles. The van der Waals surface area contributed by atoms with Crippen LogP contribution in [0, 0.1) is 0 Å². The predicted octanol–water partition coefficient (Wildman–Crippen LogP) is -3.59. The molecule has 0 radical (unpaired) electrons. The van der Waals surface area contributed by atoms with Crippen molar-refractivity contribution in [2.24, 2.45) is 11.5 Å². The fourth-order valence-corrected chi connectivity index (χ4v) is 3.93. The van der Waals surface area contributed by atoms with E-state index < -0.39 is 84.8 Å². The molecule has 5 amide bonds. The van der Waals surface area contributed by atoms with E-state index in [0.29, 0.717) is 24.9 Å². The summed E-state index contributed by atoms with van der Waals surface area (Å²) < 4.78 is 0. The third kappa shape index (κ3) is 14.8. The van der Waals surface area contributed by atoms with Gasteiger partial charge in [0.1, 0.15) is 29.9 Å². The Bertz CT molecular complexity index is 1210. The molecule has 0 unspecified atom stereocenters. The van der Waals surface area contributed by atoms with Crippen molar-refractivity contribution in [1.29, 1.82) is 0 Å². The molecule has 46 heavy (non-hydrogen) atoms. The highest BCUT2D eigenvalue weighted by Crippen LogP contribution is 2.12. The monoisotopic (exact) mass is 653 g/mol. The number of amides is 5. The molecule has 0 fully saturated rings. The highest BCUT2D eigenvalue weighted by atomic mass is 16.4. The number of aliphatic hydroxyl groups is 1.